The van der Waals surface area contributed by atoms with Crippen molar-refractivity contribution < 1.29 is 19.1 Å². The number of anilines is 3. The van der Waals surface area contributed by atoms with E-state index in [1.165, 1.54) is 24.6 Å². The van der Waals surface area contributed by atoms with E-state index in [9.17, 15) is 19.1 Å². The number of hydrogen-bond acceptors (Lipinski definition) is 3. The summed E-state index contributed by atoms with van der Waals surface area (Å²) in [6.45, 7) is 5.14. The summed E-state index contributed by atoms with van der Waals surface area (Å²) in [7, 11) is 0. The van der Waals surface area contributed by atoms with E-state index in [2.05, 4.69) is 45.3 Å². The molecule has 1 aliphatic rings. The second-order valence-electron chi connectivity index (χ2n) is 9.81. The number of benzene rings is 2. The van der Waals surface area contributed by atoms with Crippen LogP contribution in [0.2, 0.25) is 0 Å². The summed E-state index contributed by atoms with van der Waals surface area (Å²) in [5, 5.41) is 15.1. The van der Waals surface area contributed by atoms with Crippen LogP contribution in [0.3, 0.4) is 0 Å². The van der Waals surface area contributed by atoms with E-state index in [1.807, 2.05) is 12.1 Å². The lowest BCUT2D eigenvalue weighted by atomic mass is 9.93. The maximum atomic E-state index is 14.4. The molecule has 1 saturated carbocycles. The van der Waals surface area contributed by atoms with Crippen molar-refractivity contribution in [3.8, 4) is 5.69 Å². The Kier molecular flexibility index (Phi) is 8.53. The molecule has 2 amide bonds. The van der Waals surface area contributed by atoms with Crippen LogP contribution in [0.15, 0.2) is 59.2 Å². The van der Waals surface area contributed by atoms with Crippen molar-refractivity contribution >= 4 is 45.0 Å². The van der Waals surface area contributed by atoms with Crippen LogP contribution < -0.4 is 15.5 Å². The number of nitrogens with zero attached hydrogens (tertiary/aromatic N) is 2. The van der Waals surface area contributed by atoms with Crippen LogP contribution in [0.5, 0.6) is 0 Å². The highest BCUT2D eigenvalue weighted by atomic mass is 79.9. The van der Waals surface area contributed by atoms with Gasteiger partial charge in [0.1, 0.15) is 11.5 Å². The molecule has 0 unspecified atom stereocenters. The van der Waals surface area contributed by atoms with E-state index in [-0.39, 0.29) is 11.4 Å². The second-order valence-corrected chi connectivity index (χ2v) is 10.7. The highest BCUT2D eigenvalue weighted by Gasteiger charge is 2.25. The standard InChI is InChI=1S/C28H32BrFN4O3/c1-18(2)17-34(20-7-4-3-5-8-20)25-13-11-21(33-14-6-9-26(33)27(35)36)16-24(25)32-28(37)31-23-12-10-19(29)15-22(23)30/h6,9-16,18,20H,3-5,7-8,17H2,1-2H3,(H,35,36)(H2,31,32,37). The Morgan fingerprint density at radius 3 is 2.49 bits per heavy atom. The van der Waals surface area contributed by atoms with Crippen LogP contribution in [0.1, 0.15) is 56.4 Å². The Morgan fingerprint density at radius 1 is 1.08 bits per heavy atom. The summed E-state index contributed by atoms with van der Waals surface area (Å²) in [6.07, 6.45) is 7.37. The van der Waals surface area contributed by atoms with Gasteiger partial charge in [0.25, 0.3) is 0 Å². The lowest BCUT2D eigenvalue weighted by Gasteiger charge is -2.38. The maximum absolute atomic E-state index is 14.4. The Bertz CT molecular complexity index is 1270. The van der Waals surface area contributed by atoms with E-state index in [0.717, 1.165) is 37.9 Å². The number of aromatic carboxylic acids is 1. The molecule has 0 bridgehead atoms. The largest absolute Gasteiger partial charge is 0.477 e. The van der Waals surface area contributed by atoms with Crippen LogP contribution >= 0.6 is 15.9 Å². The van der Waals surface area contributed by atoms with Gasteiger partial charge in [-0.2, -0.15) is 0 Å². The molecule has 0 aliphatic heterocycles. The smallest absolute Gasteiger partial charge is 0.352 e. The fourth-order valence-electron chi connectivity index (χ4n) is 4.90. The monoisotopic (exact) mass is 570 g/mol. The molecule has 1 heterocycles. The first kappa shape index (κ1) is 26.7. The molecule has 0 atom stereocenters. The third-order valence-electron chi connectivity index (χ3n) is 6.54. The lowest BCUT2D eigenvalue weighted by Crippen LogP contribution is -2.40. The van der Waals surface area contributed by atoms with E-state index in [1.54, 1.807) is 29.0 Å². The minimum Gasteiger partial charge on any atom is -0.477 e. The molecular weight excluding hydrogens is 539 g/mol. The molecule has 2 aromatic carbocycles. The second kappa shape index (κ2) is 11.8. The molecule has 0 saturated heterocycles. The van der Waals surface area contributed by atoms with Crippen molar-refractivity contribution in [1.29, 1.82) is 0 Å². The summed E-state index contributed by atoms with van der Waals surface area (Å²) < 4.78 is 16.5. The third-order valence-corrected chi connectivity index (χ3v) is 7.03. The summed E-state index contributed by atoms with van der Waals surface area (Å²) in [6, 6.07) is 13.0. The minimum absolute atomic E-state index is 0.0586. The number of carbonyl (C=O) groups excluding carboxylic acids is 1. The highest BCUT2D eigenvalue weighted by molar-refractivity contribution is 9.10. The Balaban J connectivity index is 1.73. The Hall–Kier alpha value is -3.33. The van der Waals surface area contributed by atoms with Gasteiger partial charge in [0.15, 0.2) is 0 Å². The number of rotatable bonds is 8. The third kappa shape index (κ3) is 6.52. The molecule has 1 aromatic heterocycles. The van der Waals surface area contributed by atoms with Crippen molar-refractivity contribution in [3.63, 3.8) is 0 Å². The van der Waals surface area contributed by atoms with Crippen molar-refractivity contribution in [1.82, 2.24) is 4.57 Å². The van der Waals surface area contributed by atoms with E-state index in [4.69, 9.17) is 0 Å². The molecule has 7 nitrogen and oxygen atoms in total. The number of aromatic nitrogens is 1. The number of amides is 2. The summed E-state index contributed by atoms with van der Waals surface area (Å²) in [5.74, 6) is -1.21. The van der Waals surface area contributed by atoms with Crippen LogP contribution in [-0.2, 0) is 0 Å². The molecule has 1 fully saturated rings. The Morgan fingerprint density at radius 2 is 1.81 bits per heavy atom. The summed E-state index contributed by atoms with van der Waals surface area (Å²) in [4.78, 5) is 27.1. The molecule has 196 valence electrons. The first-order valence-corrected chi connectivity index (χ1v) is 13.4. The van der Waals surface area contributed by atoms with Gasteiger partial charge >= 0.3 is 12.0 Å². The molecular formula is C28H32BrFN4O3. The minimum atomic E-state index is -1.05. The summed E-state index contributed by atoms with van der Waals surface area (Å²) >= 11 is 3.22. The van der Waals surface area contributed by atoms with Crippen molar-refractivity contribution in [3.05, 3.63) is 70.7 Å². The van der Waals surface area contributed by atoms with Gasteiger partial charge in [0.2, 0.25) is 0 Å². The molecule has 37 heavy (non-hydrogen) atoms. The zero-order chi connectivity index (χ0) is 26.5. The van der Waals surface area contributed by atoms with Crippen LogP contribution in [0, 0.1) is 11.7 Å². The topological polar surface area (TPSA) is 86.6 Å². The van der Waals surface area contributed by atoms with Gasteiger partial charge in [0, 0.05) is 28.9 Å². The molecule has 0 radical (unpaired) electrons. The fraction of sp³-hybridized carbons (Fsp3) is 0.357. The quantitative estimate of drug-likeness (QED) is 0.261. The number of nitrogens with one attached hydrogen (secondary N) is 2. The molecule has 3 aromatic rings. The predicted molar refractivity (Wildman–Crippen MR) is 149 cm³/mol. The van der Waals surface area contributed by atoms with E-state index >= 15 is 0 Å². The first-order valence-electron chi connectivity index (χ1n) is 12.6. The Labute approximate surface area is 224 Å². The summed E-state index contributed by atoms with van der Waals surface area (Å²) in [5.41, 5.74) is 2.17. The average Bonchev–Trinajstić information content (AvgIpc) is 3.35. The van der Waals surface area contributed by atoms with Crippen molar-refractivity contribution in [2.75, 3.05) is 22.1 Å². The number of carbonyl (C=O) groups is 2. The van der Waals surface area contributed by atoms with Crippen LogP contribution in [-0.4, -0.2) is 34.3 Å². The number of carboxylic acids is 1. The van der Waals surface area contributed by atoms with Crippen molar-refractivity contribution in [2.45, 2.75) is 52.0 Å². The van der Waals surface area contributed by atoms with E-state index < -0.39 is 17.8 Å². The van der Waals surface area contributed by atoms with Gasteiger partial charge in [-0.15, -0.1) is 0 Å². The van der Waals surface area contributed by atoms with Crippen molar-refractivity contribution in [2.24, 2.45) is 5.92 Å². The van der Waals surface area contributed by atoms with Crippen LogP contribution in [0.25, 0.3) is 5.69 Å². The van der Waals surface area contributed by atoms with Crippen LogP contribution in [0.4, 0.5) is 26.2 Å². The zero-order valence-electron chi connectivity index (χ0n) is 21.0. The molecule has 1 aliphatic carbocycles. The maximum Gasteiger partial charge on any atom is 0.352 e. The normalized spacial score (nSPS) is 14.0. The molecule has 3 N–H and O–H groups in total. The molecule has 0 spiro atoms. The number of halogens is 2. The number of carboxylic acid groups (broad SMARTS) is 1. The van der Waals surface area contributed by atoms with Gasteiger partial charge < -0.3 is 25.2 Å². The molecule has 9 heteroatoms. The zero-order valence-corrected chi connectivity index (χ0v) is 22.6. The average molecular weight is 571 g/mol. The predicted octanol–water partition coefficient (Wildman–Crippen LogP) is 7.52. The number of urea groups is 1. The van der Waals surface area contributed by atoms with Gasteiger partial charge in [-0.1, -0.05) is 49.0 Å². The van der Waals surface area contributed by atoms with Gasteiger partial charge in [-0.3, -0.25) is 0 Å². The number of hydrogen-bond donors (Lipinski definition) is 3. The van der Waals surface area contributed by atoms with Gasteiger partial charge in [0.05, 0.1) is 17.1 Å². The fourth-order valence-corrected chi connectivity index (χ4v) is 5.23. The molecule has 4 rings (SSSR count). The highest BCUT2D eigenvalue weighted by Crippen LogP contribution is 2.35. The SMILES string of the molecule is CC(C)CN(c1ccc(-n2cccc2C(=O)O)cc1NC(=O)Nc1ccc(Br)cc1F)C1CCCCC1. The van der Waals surface area contributed by atoms with Gasteiger partial charge in [-0.05, 0) is 67.3 Å². The van der Waals surface area contributed by atoms with Gasteiger partial charge in [-0.25, -0.2) is 14.0 Å². The van der Waals surface area contributed by atoms with E-state index in [0.29, 0.717) is 27.8 Å². The lowest BCUT2D eigenvalue weighted by molar-refractivity contribution is 0.0688. The first-order chi connectivity index (χ1) is 17.7.